The first-order valence-corrected chi connectivity index (χ1v) is 10.2. The molecule has 3 N–H and O–H groups in total. The van der Waals surface area contributed by atoms with Crippen LogP contribution >= 0.6 is 11.6 Å². The normalized spacial score (nSPS) is 11.5. The summed E-state index contributed by atoms with van der Waals surface area (Å²) < 4.78 is 14.4. The van der Waals surface area contributed by atoms with E-state index in [9.17, 15) is 4.79 Å². The number of nitrogens with zero attached hydrogens (tertiary/aromatic N) is 4. The summed E-state index contributed by atoms with van der Waals surface area (Å²) >= 11 is 6.32. The molecular weight excluding hydrogens is 420 g/mol. The highest BCUT2D eigenvalue weighted by molar-refractivity contribution is 6.33. The van der Waals surface area contributed by atoms with Crippen LogP contribution in [-0.2, 0) is 19.5 Å². The van der Waals surface area contributed by atoms with Crippen molar-refractivity contribution in [3.05, 3.63) is 41.2 Å². The topological polar surface area (TPSA) is 109 Å². The van der Waals surface area contributed by atoms with Gasteiger partial charge in [0.25, 0.3) is 0 Å². The van der Waals surface area contributed by atoms with Gasteiger partial charge in [-0.1, -0.05) is 32.4 Å². The van der Waals surface area contributed by atoms with E-state index in [1.54, 1.807) is 49.2 Å². The van der Waals surface area contributed by atoms with Crippen molar-refractivity contribution < 1.29 is 14.3 Å². The maximum atomic E-state index is 12.5. The van der Waals surface area contributed by atoms with Crippen LogP contribution in [0.15, 0.2) is 30.5 Å². The molecule has 2 aromatic heterocycles. The maximum Gasteiger partial charge on any atom is 0.418 e. The predicted octanol–water partition coefficient (Wildman–Crippen LogP) is 3.72. The monoisotopic (exact) mass is 446 g/mol. The van der Waals surface area contributed by atoms with Crippen molar-refractivity contribution in [2.75, 3.05) is 18.5 Å². The summed E-state index contributed by atoms with van der Waals surface area (Å²) in [6.07, 6.45) is 0.911. The van der Waals surface area contributed by atoms with Gasteiger partial charge in [0.05, 0.1) is 22.6 Å². The molecule has 10 heteroatoms. The molecule has 0 bridgehead atoms. The number of aromatic nitrogens is 4. The van der Waals surface area contributed by atoms with Gasteiger partial charge in [-0.2, -0.15) is 10.2 Å². The molecule has 0 aliphatic carbocycles. The van der Waals surface area contributed by atoms with Gasteiger partial charge in [-0.15, -0.1) is 0 Å². The van der Waals surface area contributed by atoms with Crippen molar-refractivity contribution in [2.24, 2.45) is 19.8 Å². The first-order valence-electron chi connectivity index (χ1n) is 9.78. The van der Waals surface area contributed by atoms with Gasteiger partial charge in [0, 0.05) is 43.4 Å². The largest absolute Gasteiger partial charge is 0.492 e. The van der Waals surface area contributed by atoms with Crippen molar-refractivity contribution in [3.63, 3.8) is 0 Å². The van der Waals surface area contributed by atoms with Gasteiger partial charge in [-0.3, -0.25) is 10.00 Å². The van der Waals surface area contributed by atoms with Crippen molar-refractivity contribution in [2.45, 2.75) is 26.2 Å². The molecule has 0 spiro atoms. The Morgan fingerprint density at radius 2 is 1.97 bits per heavy atom. The van der Waals surface area contributed by atoms with Crippen LogP contribution in [0.3, 0.4) is 0 Å². The van der Waals surface area contributed by atoms with E-state index in [0.29, 0.717) is 46.7 Å². The number of carbonyl (C=O) groups excluding carboxylic acids is 1. The highest BCUT2D eigenvalue weighted by atomic mass is 35.5. The van der Waals surface area contributed by atoms with Crippen LogP contribution < -0.4 is 20.5 Å². The van der Waals surface area contributed by atoms with Crippen LogP contribution in [0.2, 0.25) is 5.02 Å². The number of ether oxygens (including phenoxy) is 2. The van der Waals surface area contributed by atoms with Gasteiger partial charge in [0.1, 0.15) is 12.4 Å². The minimum absolute atomic E-state index is 0.160. The zero-order valence-electron chi connectivity index (χ0n) is 18.3. The number of hydrogen-bond acceptors (Lipinski definition) is 6. The number of benzene rings is 1. The fourth-order valence-corrected chi connectivity index (χ4v) is 3.22. The standard InChI is InChI=1S/C21H27ClN6O3/c1-21(2,3)17-11-18(27(4)26-17)31-20(29)25-13-6-7-16(30-9-8-23)14(10-13)19-15(22)12-24-28(19)5/h6-7,10-12H,8-9,23H2,1-5H3,(H,25,29). The Morgan fingerprint density at radius 3 is 2.55 bits per heavy atom. The van der Waals surface area contributed by atoms with E-state index in [1.807, 2.05) is 20.8 Å². The lowest BCUT2D eigenvalue weighted by Crippen LogP contribution is -2.18. The Bertz CT molecular complexity index is 1060. The maximum absolute atomic E-state index is 12.5. The van der Waals surface area contributed by atoms with E-state index in [0.717, 1.165) is 5.69 Å². The molecule has 0 unspecified atom stereocenters. The first kappa shape index (κ1) is 22.6. The molecular formula is C21H27ClN6O3. The van der Waals surface area contributed by atoms with Crippen LogP contribution in [0.1, 0.15) is 26.5 Å². The molecule has 9 nitrogen and oxygen atoms in total. The second kappa shape index (κ2) is 8.99. The Kier molecular flexibility index (Phi) is 6.56. The molecule has 31 heavy (non-hydrogen) atoms. The van der Waals surface area contributed by atoms with Gasteiger partial charge in [0.15, 0.2) is 0 Å². The lowest BCUT2D eigenvalue weighted by molar-refractivity contribution is 0.211. The molecule has 0 atom stereocenters. The Morgan fingerprint density at radius 1 is 1.23 bits per heavy atom. The number of rotatable bonds is 6. The molecule has 0 saturated carbocycles. The zero-order chi connectivity index (χ0) is 22.8. The third-order valence-electron chi connectivity index (χ3n) is 4.55. The Hall–Kier alpha value is -3.04. The SMILES string of the molecule is Cn1nc(C(C)(C)C)cc1OC(=O)Nc1ccc(OCCN)c(-c2c(Cl)cnn2C)c1. The Balaban J connectivity index is 1.84. The van der Waals surface area contributed by atoms with Crippen LogP contribution in [0.4, 0.5) is 10.5 Å². The van der Waals surface area contributed by atoms with E-state index >= 15 is 0 Å². The lowest BCUT2D eigenvalue weighted by Gasteiger charge is -2.14. The van der Waals surface area contributed by atoms with Gasteiger partial charge >= 0.3 is 6.09 Å². The van der Waals surface area contributed by atoms with E-state index in [2.05, 4.69) is 15.5 Å². The second-order valence-electron chi connectivity index (χ2n) is 8.07. The molecule has 0 saturated heterocycles. The molecule has 0 radical (unpaired) electrons. The highest BCUT2D eigenvalue weighted by Gasteiger charge is 2.21. The molecule has 0 fully saturated rings. The Labute approximate surface area is 186 Å². The van der Waals surface area contributed by atoms with Crippen molar-refractivity contribution in [1.82, 2.24) is 19.6 Å². The minimum atomic E-state index is -0.638. The van der Waals surface area contributed by atoms with Crippen LogP contribution in [0.5, 0.6) is 11.6 Å². The summed E-state index contributed by atoms with van der Waals surface area (Å²) in [6, 6.07) is 6.96. The number of aryl methyl sites for hydroxylation is 2. The summed E-state index contributed by atoms with van der Waals surface area (Å²) in [4.78, 5) is 12.5. The van der Waals surface area contributed by atoms with Crippen molar-refractivity contribution in [1.29, 1.82) is 0 Å². The molecule has 0 aliphatic rings. The van der Waals surface area contributed by atoms with Gasteiger partial charge < -0.3 is 15.2 Å². The van der Waals surface area contributed by atoms with Gasteiger partial charge in [-0.05, 0) is 18.2 Å². The first-order chi connectivity index (χ1) is 14.6. The molecule has 1 amide bonds. The van der Waals surface area contributed by atoms with Crippen LogP contribution in [0, 0.1) is 0 Å². The number of carbonyl (C=O) groups is 1. The lowest BCUT2D eigenvalue weighted by atomic mass is 9.93. The average Bonchev–Trinajstić information content (AvgIpc) is 3.22. The molecule has 3 aromatic rings. The third kappa shape index (κ3) is 5.18. The number of halogens is 1. The molecule has 2 heterocycles. The fraction of sp³-hybridized carbons (Fsp3) is 0.381. The summed E-state index contributed by atoms with van der Waals surface area (Å²) in [5, 5.41) is 11.8. The quantitative estimate of drug-likeness (QED) is 0.597. The highest BCUT2D eigenvalue weighted by Crippen LogP contribution is 2.36. The number of hydrogen-bond donors (Lipinski definition) is 2. The number of amides is 1. The van der Waals surface area contributed by atoms with E-state index in [4.69, 9.17) is 26.8 Å². The van der Waals surface area contributed by atoms with Crippen LogP contribution in [0.25, 0.3) is 11.3 Å². The third-order valence-corrected chi connectivity index (χ3v) is 4.83. The summed E-state index contributed by atoms with van der Waals surface area (Å²) in [5.41, 5.74) is 8.07. The second-order valence-corrected chi connectivity index (χ2v) is 8.48. The smallest absolute Gasteiger partial charge is 0.418 e. The number of nitrogens with one attached hydrogen (secondary N) is 1. The van der Waals surface area contributed by atoms with E-state index in [-0.39, 0.29) is 5.41 Å². The predicted molar refractivity (Wildman–Crippen MR) is 120 cm³/mol. The molecule has 1 aromatic carbocycles. The molecule has 0 aliphatic heterocycles. The molecule has 166 valence electrons. The van der Waals surface area contributed by atoms with E-state index in [1.165, 1.54) is 4.68 Å². The summed E-state index contributed by atoms with van der Waals surface area (Å²) in [7, 11) is 3.50. The van der Waals surface area contributed by atoms with Crippen molar-refractivity contribution >= 4 is 23.4 Å². The minimum Gasteiger partial charge on any atom is -0.492 e. The number of nitrogens with two attached hydrogens (primary N) is 1. The summed E-state index contributed by atoms with van der Waals surface area (Å²) in [6.45, 7) is 6.83. The summed E-state index contributed by atoms with van der Waals surface area (Å²) in [5.74, 6) is 0.927. The zero-order valence-corrected chi connectivity index (χ0v) is 19.0. The average molecular weight is 447 g/mol. The molecule has 3 rings (SSSR count). The van der Waals surface area contributed by atoms with Crippen molar-refractivity contribution in [3.8, 4) is 22.9 Å². The number of anilines is 1. The van der Waals surface area contributed by atoms with E-state index < -0.39 is 6.09 Å². The fourth-order valence-electron chi connectivity index (χ4n) is 2.95. The van der Waals surface area contributed by atoms with Crippen LogP contribution in [-0.4, -0.2) is 38.8 Å². The van der Waals surface area contributed by atoms with Gasteiger partial charge in [-0.25, -0.2) is 9.48 Å². The van der Waals surface area contributed by atoms with Gasteiger partial charge in [0.2, 0.25) is 5.88 Å².